The van der Waals surface area contributed by atoms with Gasteiger partial charge in [0.05, 0.1) is 6.04 Å². The number of hydrogen-bond donors (Lipinski definition) is 1. The Morgan fingerprint density at radius 3 is 2.52 bits per heavy atom. The molecule has 6 heteroatoms. The molecule has 0 radical (unpaired) electrons. The van der Waals surface area contributed by atoms with Crippen molar-refractivity contribution in [1.82, 2.24) is 15.1 Å². The first kappa shape index (κ1) is 15.2. The lowest BCUT2D eigenvalue weighted by molar-refractivity contribution is -0.139. The maximum absolute atomic E-state index is 12.4. The highest BCUT2D eigenvalue weighted by Crippen LogP contribution is 2.40. The monoisotopic (exact) mass is 311 g/mol. The first-order valence-corrected chi connectivity index (χ1v) is 9.11. The number of carbonyl (C=O) groups is 2. The van der Waals surface area contributed by atoms with Crippen LogP contribution in [0.1, 0.15) is 32.6 Å². The van der Waals surface area contributed by atoms with Gasteiger partial charge in [0.2, 0.25) is 11.8 Å². The summed E-state index contributed by atoms with van der Waals surface area (Å²) in [4.78, 5) is 28.1. The van der Waals surface area contributed by atoms with Crippen LogP contribution in [0.25, 0.3) is 0 Å². The molecule has 3 fully saturated rings. The van der Waals surface area contributed by atoms with Crippen LogP contribution in [0.4, 0.5) is 0 Å². The summed E-state index contributed by atoms with van der Waals surface area (Å²) in [6.45, 7) is 5.17. The van der Waals surface area contributed by atoms with Crippen LogP contribution >= 0.6 is 11.8 Å². The van der Waals surface area contributed by atoms with Gasteiger partial charge in [-0.15, -0.1) is 11.8 Å². The van der Waals surface area contributed by atoms with E-state index in [9.17, 15) is 9.59 Å². The predicted molar refractivity (Wildman–Crippen MR) is 84.0 cm³/mol. The second kappa shape index (κ2) is 6.16. The number of rotatable bonds is 1. The molecule has 3 aliphatic heterocycles. The molecule has 1 spiro atoms. The second-order valence-electron chi connectivity index (χ2n) is 6.64. The van der Waals surface area contributed by atoms with Crippen molar-refractivity contribution in [2.75, 3.05) is 37.8 Å². The molecule has 0 bridgehead atoms. The zero-order valence-corrected chi connectivity index (χ0v) is 13.6. The number of thioether (sulfide) groups is 1. The summed E-state index contributed by atoms with van der Waals surface area (Å²) in [7, 11) is 0. The highest BCUT2D eigenvalue weighted by Gasteiger charge is 2.41. The molecular weight excluding hydrogens is 286 g/mol. The highest BCUT2D eigenvalue weighted by atomic mass is 32.2. The van der Waals surface area contributed by atoms with Crippen LogP contribution in [0.3, 0.4) is 0 Å². The molecule has 3 heterocycles. The fourth-order valence-corrected chi connectivity index (χ4v) is 4.79. The van der Waals surface area contributed by atoms with Gasteiger partial charge in [-0.1, -0.05) is 0 Å². The zero-order chi connectivity index (χ0) is 14.9. The van der Waals surface area contributed by atoms with Crippen molar-refractivity contribution in [3.8, 4) is 0 Å². The van der Waals surface area contributed by atoms with E-state index in [1.54, 1.807) is 18.7 Å². The molecule has 118 valence electrons. The summed E-state index contributed by atoms with van der Waals surface area (Å²) in [5, 5.41) is 3.27. The van der Waals surface area contributed by atoms with Gasteiger partial charge in [-0.2, -0.15) is 0 Å². The van der Waals surface area contributed by atoms with Crippen molar-refractivity contribution in [1.29, 1.82) is 0 Å². The van der Waals surface area contributed by atoms with E-state index in [0.717, 1.165) is 57.1 Å². The molecule has 3 rings (SSSR count). The van der Waals surface area contributed by atoms with Crippen molar-refractivity contribution < 1.29 is 9.59 Å². The van der Waals surface area contributed by atoms with E-state index in [-0.39, 0.29) is 23.3 Å². The van der Waals surface area contributed by atoms with Crippen LogP contribution in [-0.4, -0.2) is 65.5 Å². The van der Waals surface area contributed by atoms with Crippen LogP contribution in [0.15, 0.2) is 0 Å². The van der Waals surface area contributed by atoms with E-state index >= 15 is 0 Å². The molecule has 3 saturated heterocycles. The molecule has 3 aliphatic rings. The van der Waals surface area contributed by atoms with E-state index in [2.05, 4.69) is 5.32 Å². The van der Waals surface area contributed by atoms with Gasteiger partial charge >= 0.3 is 0 Å². The van der Waals surface area contributed by atoms with Gasteiger partial charge in [0.1, 0.15) is 0 Å². The van der Waals surface area contributed by atoms with Gasteiger partial charge in [0.15, 0.2) is 0 Å². The average molecular weight is 311 g/mol. The zero-order valence-electron chi connectivity index (χ0n) is 12.8. The van der Waals surface area contributed by atoms with Crippen LogP contribution in [-0.2, 0) is 9.59 Å². The Labute approximate surface area is 130 Å². The standard InChI is InChI=1S/C15H25N3O2S/c1-12(19)18-6-2-3-15(10-18)4-7-17(8-5-15)14(20)13-9-21-11-16-13/h13,16H,2-11H2,1H3/t13-/m0/s1. The smallest absolute Gasteiger partial charge is 0.240 e. The maximum Gasteiger partial charge on any atom is 0.240 e. The molecule has 0 aromatic rings. The quantitative estimate of drug-likeness (QED) is 0.782. The normalized spacial score (nSPS) is 28.9. The molecule has 0 aromatic heterocycles. The predicted octanol–water partition coefficient (Wildman–Crippen LogP) is 0.900. The molecule has 0 unspecified atom stereocenters. The number of amides is 2. The van der Waals surface area contributed by atoms with Gasteiger partial charge in [0, 0.05) is 44.7 Å². The lowest BCUT2D eigenvalue weighted by atomic mass is 9.72. The van der Waals surface area contributed by atoms with Crippen molar-refractivity contribution in [2.24, 2.45) is 5.41 Å². The fraction of sp³-hybridized carbons (Fsp3) is 0.867. The van der Waals surface area contributed by atoms with E-state index < -0.39 is 0 Å². The average Bonchev–Trinajstić information content (AvgIpc) is 3.02. The molecule has 5 nitrogen and oxygen atoms in total. The Morgan fingerprint density at radius 2 is 1.90 bits per heavy atom. The minimum absolute atomic E-state index is 0.0177. The number of nitrogens with zero attached hydrogens (tertiary/aromatic N) is 2. The van der Waals surface area contributed by atoms with Crippen LogP contribution in [0, 0.1) is 5.41 Å². The Morgan fingerprint density at radius 1 is 1.14 bits per heavy atom. The first-order chi connectivity index (χ1) is 10.1. The first-order valence-electron chi connectivity index (χ1n) is 7.95. The fourth-order valence-electron chi connectivity index (χ4n) is 3.86. The maximum atomic E-state index is 12.4. The Bertz CT molecular complexity index is 415. The SMILES string of the molecule is CC(=O)N1CCCC2(CCN(C(=O)[C@@H]3CSCN3)CC2)C1. The van der Waals surface area contributed by atoms with Crippen molar-refractivity contribution in [3.05, 3.63) is 0 Å². The van der Waals surface area contributed by atoms with Gasteiger partial charge in [-0.25, -0.2) is 0 Å². The van der Waals surface area contributed by atoms with E-state index in [1.165, 1.54) is 6.42 Å². The van der Waals surface area contributed by atoms with Crippen molar-refractivity contribution in [3.63, 3.8) is 0 Å². The van der Waals surface area contributed by atoms with Gasteiger partial charge in [-0.05, 0) is 31.1 Å². The number of carbonyl (C=O) groups excluding carboxylic acids is 2. The van der Waals surface area contributed by atoms with Crippen LogP contribution in [0.5, 0.6) is 0 Å². The molecule has 0 aliphatic carbocycles. The molecule has 1 atom stereocenters. The third-order valence-electron chi connectivity index (χ3n) is 5.26. The van der Waals surface area contributed by atoms with Gasteiger partial charge in [0.25, 0.3) is 0 Å². The Balaban J connectivity index is 1.56. The lowest BCUT2D eigenvalue weighted by Gasteiger charge is -2.47. The minimum Gasteiger partial charge on any atom is -0.342 e. The minimum atomic E-state index is 0.0177. The Kier molecular flexibility index (Phi) is 4.45. The van der Waals surface area contributed by atoms with E-state index in [1.807, 2.05) is 9.80 Å². The number of likely N-dealkylation sites (tertiary alicyclic amines) is 2. The topological polar surface area (TPSA) is 52.7 Å². The van der Waals surface area contributed by atoms with Crippen molar-refractivity contribution in [2.45, 2.75) is 38.6 Å². The van der Waals surface area contributed by atoms with Crippen molar-refractivity contribution >= 4 is 23.6 Å². The molecular formula is C15H25N3O2S. The third-order valence-corrected chi connectivity index (χ3v) is 6.20. The highest BCUT2D eigenvalue weighted by molar-refractivity contribution is 7.99. The van der Waals surface area contributed by atoms with Gasteiger partial charge < -0.3 is 9.80 Å². The summed E-state index contributed by atoms with van der Waals surface area (Å²) in [6.07, 6.45) is 4.40. The number of piperidine rings is 2. The molecule has 21 heavy (non-hydrogen) atoms. The largest absolute Gasteiger partial charge is 0.342 e. The van der Waals surface area contributed by atoms with Crippen LogP contribution in [0.2, 0.25) is 0 Å². The molecule has 0 aromatic carbocycles. The van der Waals surface area contributed by atoms with E-state index in [4.69, 9.17) is 0 Å². The summed E-state index contributed by atoms with van der Waals surface area (Å²) >= 11 is 1.80. The van der Waals surface area contributed by atoms with E-state index in [0.29, 0.717) is 0 Å². The summed E-state index contributed by atoms with van der Waals surface area (Å²) in [5.41, 5.74) is 0.262. The summed E-state index contributed by atoms with van der Waals surface area (Å²) in [6, 6.07) is 0.0177. The number of hydrogen-bond acceptors (Lipinski definition) is 4. The Hall–Kier alpha value is -0.750. The molecule has 2 amide bonds. The summed E-state index contributed by atoms with van der Waals surface area (Å²) < 4.78 is 0. The van der Waals surface area contributed by atoms with Gasteiger partial charge in [-0.3, -0.25) is 14.9 Å². The lowest BCUT2D eigenvalue weighted by Crippen LogP contribution is -2.54. The van der Waals surface area contributed by atoms with Crippen LogP contribution < -0.4 is 5.32 Å². The third kappa shape index (κ3) is 3.21. The number of nitrogens with one attached hydrogen (secondary N) is 1. The second-order valence-corrected chi connectivity index (χ2v) is 7.67. The molecule has 0 saturated carbocycles. The molecule has 1 N–H and O–H groups in total. The summed E-state index contributed by atoms with van der Waals surface area (Å²) in [5.74, 6) is 2.26.